The first-order chi connectivity index (χ1) is 16.8. The summed E-state index contributed by atoms with van der Waals surface area (Å²) in [4.78, 5) is 30.9. The normalized spacial score (nSPS) is 16.9. The standard InChI is InChI=1S/C25H20F4N4O2/c26-16-1-2-20-15(22(16)25(35)32-19-4-7-31-24(19)34)5-8-33(20)21-12-13(3-6-30-21)9-14-10-17(27)23(29)18(28)11-14/h1-3,6,10-12,19H,4-5,7-9H2,(H,31,34)(H,32,35)/t19-/m1/s1. The smallest absolute Gasteiger partial charge is 0.255 e. The van der Waals surface area contributed by atoms with Crippen LogP contribution in [0.15, 0.2) is 42.6 Å². The zero-order valence-corrected chi connectivity index (χ0v) is 18.4. The van der Waals surface area contributed by atoms with Crippen molar-refractivity contribution in [1.82, 2.24) is 15.6 Å². The highest BCUT2D eigenvalue weighted by atomic mass is 19.2. The number of carbonyl (C=O) groups is 2. The first kappa shape index (κ1) is 22.8. The van der Waals surface area contributed by atoms with Gasteiger partial charge in [0.05, 0.1) is 5.56 Å². The Morgan fingerprint density at radius 1 is 1.06 bits per heavy atom. The summed E-state index contributed by atoms with van der Waals surface area (Å²) >= 11 is 0. The number of amides is 2. The molecule has 1 fully saturated rings. The van der Waals surface area contributed by atoms with Crippen molar-refractivity contribution in [3.8, 4) is 0 Å². The lowest BCUT2D eigenvalue weighted by Gasteiger charge is -2.20. The van der Waals surface area contributed by atoms with Gasteiger partial charge in [0.2, 0.25) is 5.91 Å². The van der Waals surface area contributed by atoms with Crippen LogP contribution in [0.2, 0.25) is 0 Å². The van der Waals surface area contributed by atoms with Crippen LogP contribution >= 0.6 is 0 Å². The van der Waals surface area contributed by atoms with Crippen LogP contribution in [0, 0.1) is 23.3 Å². The lowest BCUT2D eigenvalue weighted by Crippen LogP contribution is -2.40. The van der Waals surface area contributed by atoms with Crippen molar-refractivity contribution in [1.29, 1.82) is 0 Å². The van der Waals surface area contributed by atoms with Crippen molar-refractivity contribution < 1.29 is 27.2 Å². The van der Waals surface area contributed by atoms with Gasteiger partial charge in [0.1, 0.15) is 17.7 Å². The van der Waals surface area contributed by atoms with Gasteiger partial charge in [-0.3, -0.25) is 9.59 Å². The van der Waals surface area contributed by atoms with Gasteiger partial charge in [0, 0.05) is 25.0 Å². The Balaban J connectivity index is 1.41. The number of carbonyl (C=O) groups excluding carboxylic acids is 2. The molecule has 10 heteroatoms. The minimum atomic E-state index is -1.52. The molecule has 35 heavy (non-hydrogen) atoms. The fourth-order valence-corrected chi connectivity index (χ4v) is 4.57. The number of pyridine rings is 1. The number of nitrogens with zero attached hydrogens (tertiary/aromatic N) is 2. The molecule has 1 atom stereocenters. The number of hydrogen-bond acceptors (Lipinski definition) is 4. The van der Waals surface area contributed by atoms with Gasteiger partial charge in [-0.05, 0) is 72.4 Å². The van der Waals surface area contributed by atoms with Gasteiger partial charge in [0.15, 0.2) is 17.5 Å². The number of halogens is 4. The molecule has 0 spiro atoms. The molecular weight excluding hydrogens is 464 g/mol. The number of fused-ring (bicyclic) bond motifs is 1. The van der Waals surface area contributed by atoms with Crippen LogP contribution in [-0.4, -0.2) is 35.9 Å². The predicted octanol–water partition coefficient (Wildman–Crippen LogP) is 3.54. The molecular formula is C25H20F4N4O2. The second-order valence-corrected chi connectivity index (χ2v) is 8.50. The fourth-order valence-electron chi connectivity index (χ4n) is 4.57. The summed E-state index contributed by atoms with van der Waals surface area (Å²) in [5.74, 6) is -5.14. The van der Waals surface area contributed by atoms with Crippen LogP contribution < -0.4 is 15.5 Å². The van der Waals surface area contributed by atoms with Crippen molar-refractivity contribution in [2.24, 2.45) is 0 Å². The molecule has 0 radical (unpaired) electrons. The van der Waals surface area contributed by atoms with E-state index in [2.05, 4.69) is 15.6 Å². The van der Waals surface area contributed by atoms with Crippen molar-refractivity contribution in [3.63, 3.8) is 0 Å². The molecule has 1 saturated heterocycles. The maximum absolute atomic E-state index is 14.7. The SMILES string of the molecule is O=C(N[C@@H]1CCNC1=O)c1c(F)ccc2c1CCN2c1cc(Cc2cc(F)c(F)c(F)c2)ccn1. The molecule has 0 aliphatic carbocycles. The average molecular weight is 484 g/mol. The van der Waals surface area contributed by atoms with Crippen LogP contribution in [-0.2, 0) is 17.6 Å². The van der Waals surface area contributed by atoms with E-state index < -0.39 is 35.2 Å². The van der Waals surface area contributed by atoms with Gasteiger partial charge in [-0.1, -0.05) is 0 Å². The molecule has 180 valence electrons. The monoisotopic (exact) mass is 484 g/mol. The largest absolute Gasteiger partial charge is 0.354 e. The van der Waals surface area contributed by atoms with E-state index in [0.717, 1.165) is 12.1 Å². The van der Waals surface area contributed by atoms with Crippen molar-refractivity contribution >= 4 is 23.3 Å². The Morgan fingerprint density at radius 3 is 2.54 bits per heavy atom. The molecule has 3 heterocycles. The molecule has 2 aromatic carbocycles. The summed E-state index contributed by atoms with van der Waals surface area (Å²) in [6, 6.07) is 7.36. The number of hydrogen-bond donors (Lipinski definition) is 2. The van der Waals surface area contributed by atoms with Crippen LogP contribution in [0.3, 0.4) is 0 Å². The molecule has 0 saturated carbocycles. The summed E-state index contributed by atoms with van der Waals surface area (Å²) in [7, 11) is 0. The topological polar surface area (TPSA) is 74.3 Å². The van der Waals surface area contributed by atoms with Crippen LogP contribution in [0.5, 0.6) is 0 Å². The highest BCUT2D eigenvalue weighted by Crippen LogP contribution is 2.37. The number of rotatable bonds is 5. The summed E-state index contributed by atoms with van der Waals surface area (Å²) in [6.07, 6.45) is 2.50. The Labute approximate surface area is 198 Å². The van der Waals surface area contributed by atoms with Crippen molar-refractivity contribution in [2.45, 2.75) is 25.3 Å². The quantitative estimate of drug-likeness (QED) is 0.429. The van der Waals surface area contributed by atoms with Crippen LogP contribution in [0.1, 0.15) is 33.5 Å². The van der Waals surface area contributed by atoms with Crippen molar-refractivity contribution in [3.05, 3.63) is 88.1 Å². The van der Waals surface area contributed by atoms with E-state index >= 15 is 0 Å². The lowest BCUT2D eigenvalue weighted by molar-refractivity contribution is -0.120. The van der Waals surface area contributed by atoms with Gasteiger partial charge in [0.25, 0.3) is 5.91 Å². The Morgan fingerprint density at radius 2 is 1.83 bits per heavy atom. The van der Waals surface area contributed by atoms with E-state index in [1.807, 2.05) is 4.90 Å². The molecule has 2 aliphatic heterocycles. The maximum Gasteiger partial charge on any atom is 0.255 e. The molecule has 2 amide bonds. The second kappa shape index (κ2) is 9.01. The van der Waals surface area contributed by atoms with E-state index in [9.17, 15) is 27.2 Å². The Hall–Kier alpha value is -3.95. The molecule has 2 aliphatic rings. The van der Waals surface area contributed by atoms with Gasteiger partial charge >= 0.3 is 0 Å². The third kappa shape index (κ3) is 4.31. The van der Waals surface area contributed by atoms with Crippen LogP contribution in [0.4, 0.5) is 29.1 Å². The molecule has 3 aromatic rings. The number of benzene rings is 2. The molecule has 0 unspecified atom stereocenters. The molecule has 1 aromatic heterocycles. The van der Waals surface area contributed by atoms with Gasteiger partial charge in [-0.25, -0.2) is 22.5 Å². The zero-order chi connectivity index (χ0) is 24.7. The first-order valence-electron chi connectivity index (χ1n) is 11.1. The average Bonchev–Trinajstić information content (AvgIpc) is 3.43. The van der Waals surface area contributed by atoms with Crippen LogP contribution in [0.25, 0.3) is 0 Å². The summed E-state index contributed by atoms with van der Waals surface area (Å²) in [5, 5.41) is 5.24. The minimum absolute atomic E-state index is 0.0990. The van der Waals surface area contributed by atoms with E-state index in [1.54, 1.807) is 18.2 Å². The third-order valence-electron chi connectivity index (χ3n) is 6.23. The lowest BCUT2D eigenvalue weighted by atomic mass is 10.0. The zero-order valence-electron chi connectivity index (χ0n) is 18.4. The van der Waals surface area contributed by atoms with Gasteiger partial charge < -0.3 is 15.5 Å². The number of aromatic nitrogens is 1. The summed E-state index contributed by atoms with van der Waals surface area (Å²) < 4.78 is 55.2. The van der Waals surface area contributed by atoms with Gasteiger partial charge in [-0.15, -0.1) is 0 Å². The Kier molecular flexibility index (Phi) is 5.88. The van der Waals surface area contributed by atoms with Crippen molar-refractivity contribution in [2.75, 3.05) is 18.0 Å². The van der Waals surface area contributed by atoms with E-state index in [4.69, 9.17) is 0 Å². The predicted molar refractivity (Wildman–Crippen MR) is 119 cm³/mol. The van der Waals surface area contributed by atoms with E-state index in [1.165, 1.54) is 12.3 Å². The third-order valence-corrected chi connectivity index (χ3v) is 6.23. The van der Waals surface area contributed by atoms with Gasteiger partial charge in [-0.2, -0.15) is 0 Å². The fraction of sp³-hybridized carbons (Fsp3) is 0.240. The summed E-state index contributed by atoms with van der Waals surface area (Å²) in [5.41, 5.74) is 1.96. The minimum Gasteiger partial charge on any atom is -0.354 e. The molecule has 5 rings (SSSR count). The Bertz CT molecular complexity index is 1320. The molecule has 2 N–H and O–H groups in total. The summed E-state index contributed by atoms with van der Waals surface area (Å²) in [6.45, 7) is 0.880. The first-order valence-corrected chi connectivity index (χ1v) is 11.1. The second-order valence-electron chi connectivity index (χ2n) is 8.50. The number of anilines is 2. The number of nitrogens with one attached hydrogen (secondary N) is 2. The highest BCUT2D eigenvalue weighted by molar-refractivity contribution is 6.01. The molecule has 0 bridgehead atoms. The highest BCUT2D eigenvalue weighted by Gasteiger charge is 2.32. The maximum atomic E-state index is 14.7. The van der Waals surface area contributed by atoms with E-state index in [0.29, 0.717) is 48.6 Å². The van der Waals surface area contributed by atoms with E-state index in [-0.39, 0.29) is 23.5 Å². The molecule has 6 nitrogen and oxygen atoms in total.